The first-order valence-corrected chi connectivity index (χ1v) is 8.81. The van der Waals surface area contributed by atoms with Gasteiger partial charge in [-0.3, -0.25) is 9.59 Å². The van der Waals surface area contributed by atoms with E-state index < -0.39 is 0 Å². The zero-order valence-electron chi connectivity index (χ0n) is 15.1. The van der Waals surface area contributed by atoms with Crippen LogP contribution in [0.3, 0.4) is 0 Å². The Balaban J connectivity index is 2.11. The molecule has 2 amide bonds. The van der Waals surface area contributed by atoms with Crippen molar-refractivity contribution in [1.82, 2.24) is 5.32 Å². The Hall–Kier alpha value is -2.53. The van der Waals surface area contributed by atoms with Gasteiger partial charge in [-0.25, -0.2) is 0 Å². The van der Waals surface area contributed by atoms with Gasteiger partial charge in [0.2, 0.25) is 0 Å². The monoisotopic (exact) mass is 374 g/mol. The first-order valence-electron chi connectivity index (χ1n) is 8.44. The molecule has 0 atom stereocenters. The van der Waals surface area contributed by atoms with Gasteiger partial charge >= 0.3 is 0 Å². The molecule has 5 nitrogen and oxygen atoms in total. The number of hydrogen-bond donors (Lipinski definition) is 2. The summed E-state index contributed by atoms with van der Waals surface area (Å²) in [4.78, 5) is 24.7. The number of hydrogen-bond acceptors (Lipinski definition) is 3. The first kappa shape index (κ1) is 19.8. The summed E-state index contributed by atoms with van der Waals surface area (Å²) in [7, 11) is 1.54. The third kappa shape index (κ3) is 5.49. The number of nitrogens with one attached hydrogen (secondary N) is 2. The number of ether oxygens (including phenoxy) is 1. The zero-order chi connectivity index (χ0) is 19.1. The quantitative estimate of drug-likeness (QED) is 0.755. The molecular weight excluding hydrogens is 352 g/mol. The van der Waals surface area contributed by atoms with Crippen LogP contribution >= 0.6 is 11.6 Å². The maximum absolute atomic E-state index is 12.4. The molecular formula is C20H23ClN2O3. The normalized spacial score (nSPS) is 10.5. The molecule has 0 heterocycles. The number of carbonyl (C=O) groups is 2. The molecule has 6 heteroatoms. The molecule has 2 aromatic carbocycles. The van der Waals surface area contributed by atoms with Crippen molar-refractivity contribution < 1.29 is 14.3 Å². The summed E-state index contributed by atoms with van der Waals surface area (Å²) in [5.74, 6) is 0.572. The van der Waals surface area contributed by atoms with Gasteiger partial charge in [0.25, 0.3) is 11.8 Å². The van der Waals surface area contributed by atoms with E-state index in [2.05, 4.69) is 24.5 Å². The van der Waals surface area contributed by atoms with E-state index in [4.69, 9.17) is 16.3 Å². The van der Waals surface area contributed by atoms with Crippen molar-refractivity contribution in [3.05, 3.63) is 58.6 Å². The number of carbonyl (C=O) groups excluding carboxylic acids is 2. The van der Waals surface area contributed by atoms with E-state index in [1.807, 2.05) is 0 Å². The Morgan fingerprint density at radius 2 is 1.81 bits per heavy atom. The van der Waals surface area contributed by atoms with Gasteiger partial charge in [-0.2, -0.15) is 0 Å². The Morgan fingerprint density at radius 1 is 1.08 bits per heavy atom. The summed E-state index contributed by atoms with van der Waals surface area (Å²) in [5, 5.41) is 5.97. The molecule has 2 N–H and O–H groups in total. The molecule has 26 heavy (non-hydrogen) atoms. The second-order valence-corrected chi connectivity index (χ2v) is 6.73. The largest absolute Gasteiger partial charge is 0.497 e. The molecule has 0 spiro atoms. The Bertz CT molecular complexity index is 790. The van der Waals surface area contributed by atoms with E-state index in [1.54, 1.807) is 42.5 Å². The molecule has 2 aromatic rings. The summed E-state index contributed by atoms with van der Waals surface area (Å²) in [6, 6.07) is 11.6. The molecule has 0 fully saturated rings. The number of anilines is 1. The third-order valence-electron chi connectivity index (χ3n) is 3.82. The second-order valence-electron chi connectivity index (χ2n) is 6.32. The highest BCUT2D eigenvalue weighted by Crippen LogP contribution is 2.24. The Labute approximate surface area is 158 Å². The number of amides is 2. The summed E-state index contributed by atoms with van der Waals surface area (Å²) >= 11 is 6.17. The van der Waals surface area contributed by atoms with Crippen LogP contribution in [0.4, 0.5) is 5.69 Å². The second kappa shape index (κ2) is 9.25. The summed E-state index contributed by atoms with van der Waals surface area (Å²) in [5.41, 5.74) is 1.27. The lowest BCUT2D eigenvalue weighted by atomic mass is 10.1. The number of halogens is 1. The molecule has 0 aliphatic rings. The third-order valence-corrected chi connectivity index (χ3v) is 4.15. The predicted octanol–water partition coefficient (Wildman–Crippen LogP) is 4.38. The highest BCUT2D eigenvalue weighted by molar-refractivity contribution is 6.34. The lowest BCUT2D eigenvalue weighted by Crippen LogP contribution is -2.25. The highest BCUT2D eigenvalue weighted by atomic mass is 35.5. The van der Waals surface area contributed by atoms with Crippen molar-refractivity contribution in [3.63, 3.8) is 0 Å². The molecule has 0 bridgehead atoms. The fourth-order valence-electron chi connectivity index (χ4n) is 2.30. The molecule has 2 rings (SSSR count). The Morgan fingerprint density at radius 3 is 2.50 bits per heavy atom. The fourth-order valence-corrected chi connectivity index (χ4v) is 2.46. The summed E-state index contributed by atoms with van der Waals surface area (Å²) in [6.07, 6.45) is 0.902. The van der Waals surface area contributed by atoms with E-state index in [9.17, 15) is 9.59 Å². The molecule has 0 saturated heterocycles. The van der Waals surface area contributed by atoms with Gasteiger partial charge in [-0.15, -0.1) is 0 Å². The van der Waals surface area contributed by atoms with Gasteiger partial charge < -0.3 is 15.4 Å². The van der Waals surface area contributed by atoms with Gasteiger partial charge in [0.1, 0.15) is 5.75 Å². The van der Waals surface area contributed by atoms with Crippen LogP contribution in [0.25, 0.3) is 0 Å². The van der Waals surface area contributed by atoms with Gasteiger partial charge in [0.15, 0.2) is 0 Å². The van der Waals surface area contributed by atoms with Gasteiger partial charge in [-0.1, -0.05) is 31.5 Å². The van der Waals surface area contributed by atoms with Crippen LogP contribution in [-0.2, 0) is 0 Å². The van der Waals surface area contributed by atoms with Crippen LogP contribution in [0.1, 0.15) is 41.0 Å². The minimum Gasteiger partial charge on any atom is -0.497 e. The molecule has 0 aromatic heterocycles. The maximum atomic E-state index is 12.4. The molecule has 0 unspecified atom stereocenters. The standard InChI is InChI=1S/C20H23ClN2O3/c1-13(2)9-10-22-19(24)15-7-8-17(21)18(12-15)23-20(25)14-5-4-6-16(11-14)26-3/h4-8,11-13H,9-10H2,1-3H3,(H,22,24)(H,23,25). The van der Waals surface area contributed by atoms with E-state index in [0.29, 0.717) is 40.0 Å². The van der Waals surface area contributed by atoms with E-state index >= 15 is 0 Å². The molecule has 0 aliphatic heterocycles. The van der Waals surface area contributed by atoms with Crippen molar-refractivity contribution >= 4 is 29.1 Å². The minimum absolute atomic E-state index is 0.195. The average molecular weight is 375 g/mol. The average Bonchev–Trinajstić information content (AvgIpc) is 2.63. The smallest absolute Gasteiger partial charge is 0.255 e. The number of methoxy groups -OCH3 is 1. The van der Waals surface area contributed by atoms with Crippen LogP contribution in [-0.4, -0.2) is 25.5 Å². The number of benzene rings is 2. The molecule has 0 saturated carbocycles. The fraction of sp³-hybridized carbons (Fsp3) is 0.300. The molecule has 0 aliphatic carbocycles. The SMILES string of the molecule is COc1cccc(C(=O)Nc2cc(C(=O)NCCC(C)C)ccc2Cl)c1. The summed E-state index contributed by atoms with van der Waals surface area (Å²) in [6.45, 7) is 4.80. The molecule has 138 valence electrons. The van der Waals surface area contributed by atoms with Crippen molar-refractivity contribution in [2.45, 2.75) is 20.3 Å². The topological polar surface area (TPSA) is 67.4 Å². The zero-order valence-corrected chi connectivity index (χ0v) is 15.9. The molecule has 0 radical (unpaired) electrons. The van der Waals surface area contributed by atoms with Gasteiger partial charge in [0.05, 0.1) is 17.8 Å². The maximum Gasteiger partial charge on any atom is 0.255 e. The number of rotatable bonds is 7. The van der Waals surface area contributed by atoms with Crippen LogP contribution in [0, 0.1) is 5.92 Å². The van der Waals surface area contributed by atoms with Crippen molar-refractivity contribution in [2.75, 3.05) is 19.0 Å². The first-order chi connectivity index (χ1) is 12.4. The highest BCUT2D eigenvalue weighted by Gasteiger charge is 2.13. The Kier molecular flexibility index (Phi) is 7.04. The van der Waals surface area contributed by atoms with Crippen molar-refractivity contribution in [1.29, 1.82) is 0 Å². The van der Waals surface area contributed by atoms with Gasteiger partial charge in [0, 0.05) is 17.7 Å². The minimum atomic E-state index is -0.330. The predicted molar refractivity (Wildman–Crippen MR) is 104 cm³/mol. The van der Waals surface area contributed by atoms with E-state index in [-0.39, 0.29) is 11.8 Å². The lowest BCUT2D eigenvalue weighted by molar-refractivity contribution is 0.0950. The van der Waals surface area contributed by atoms with Crippen molar-refractivity contribution in [2.24, 2.45) is 5.92 Å². The van der Waals surface area contributed by atoms with Crippen LogP contribution in [0.15, 0.2) is 42.5 Å². The van der Waals surface area contributed by atoms with Crippen LogP contribution in [0.5, 0.6) is 5.75 Å². The van der Waals surface area contributed by atoms with Crippen LogP contribution < -0.4 is 15.4 Å². The van der Waals surface area contributed by atoms with Crippen molar-refractivity contribution in [3.8, 4) is 5.75 Å². The summed E-state index contributed by atoms with van der Waals surface area (Å²) < 4.78 is 5.12. The lowest BCUT2D eigenvalue weighted by Gasteiger charge is -2.11. The van der Waals surface area contributed by atoms with E-state index in [0.717, 1.165) is 6.42 Å². The van der Waals surface area contributed by atoms with Crippen LogP contribution in [0.2, 0.25) is 5.02 Å². The van der Waals surface area contributed by atoms with E-state index in [1.165, 1.54) is 7.11 Å². The van der Waals surface area contributed by atoms with Gasteiger partial charge in [-0.05, 0) is 48.7 Å².